The predicted molar refractivity (Wildman–Crippen MR) is 102 cm³/mol. The molecule has 0 unspecified atom stereocenters. The van der Waals surface area contributed by atoms with E-state index < -0.39 is 13.4 Å². The molecule has 140 valence electrons. The minimum absolute atomic E-state index is 0.239. The summed E-state index contributed by atoms with van der Waals surface area (Å²) in [6.45, 7) is 0. The van der Waals surface area contributed by atoms with Crippen LogP contribution in [0.15, 0.2) is 89.7 Å². The van der Waals surface area contributed by atoms with Crippen LogP contribution in [0.4, 0.5) is 0 Å². The average Bonchev–Trinajstić information content (AvgIpc) is 2.72. The first-order chi connectivity index (χ1) is 13.6. The molecule has 8 nitrogen and oxygen atoms in total. The molecule has 0 fully saturated rings. The molecule has 0 saturated carbocycles. The second-order valence-electron chi connectivity index (χ2n) is 5.62. The van der Waals surface area contributed by atoms with E-state index >= 15 is 0 Å². The van der Waals surface area contributed by atoms with Gasteiger partial charge in [0.1, 0.15) is 17.0 Å². The molecule has 0 radical (unpaired) electrons. The van der Waals surface area contributed by atoms with Gasteiger partial charge in [-0.2, -0.15) is 4.57 Å². The van der Waals surface area contributed by atoms with Gasteiger partial charge in [0.15, 0.2) is 0 Å². The number of para-hydroxylation sites is 2. The Bertz CT molecular complexity index is 1150. The summed E-state index contributed by atoms with van der Waals surface area (Å²) in [5.74, 6) is 0.479. The fraction of sp³-hybridized carbons (Fsp3) is 0. The summed E-state index contributed by atoms with van der Waals surface area (Å²) >= 11 is 0. The smallest absolute Gasteiger partial charge is 0.385 e. The zero-order chi connectivity index (χ0) is 19.4. The molecule has 0 saturated heterocycles. The van der Waals surface area contributed by atoms with E-state index in [9.17, 15) is 9.36 Å². The van der Waals surface area contributed by atoms with E-state index in [1.54, 1.807) is 84.9 Å². The van der Waals surface area contributed by atoms with Gasteiger partial charge < -0.3 is 9.05 Å². The topological polar surface area (TPSA) is 92.5 Å². The maximum atomic E-state index is 13.3. The monoisotopic (exact) mass is 395 g/mol. The number of phosphoric ester groups is 1. The quantitative estimate of drug-likeness (QED) is 0.462. The molecule has 0 aliphatic rings. The summed E-state index contributed by atoms with van der Waals surface area (Å²) in [6, 6.07) is 23.3. The number of benzene rings is 3. The molecule has 1 aromatic heterocycles. The van der Waals surface area contributed by atoms with Gasteiger partial charge in [0.25, 0.3) is 0 Å². The van der Waals surface area contributed by atoms with E-state index in [1.807, 2.05) is 0 Å². The molecule has 0 N–H and O–H groups in total. The highest BCUT2D eigenvalue weighted by Crippen LogP contribution is 2.46. The summed E-state index contributed by atoms with van der Waals surface area (Å²) in [5, 5.41) is 7.82. The molecule has 4 aromatic rings. The van der Waals surface area contributed by atoms with Crippen LogP contribution in [0.1, 0.15) is 0 Å². The van der Waals surface area contributed by atoms with Crippen molar-refractivity contribution in [3.05, 3.63) is 95.3 Å². The summed E-state index contributed by atoms with van der Waals surface area (Å²) in [5.41, 5.74) is -0.255. The van der Waals surface area contributed by atoms with Gasteiger partial charge in [-0.25, -0.2) is 0 Å². The minimum Gasteiger partial charge on any atom is -0.385 e. The largest absolute Gasteiger partial charge is 0.668 e. The van der Waals surface area contributed by atoms with Crippen LogP contribution in [-0.2, 0) is 4.57 Å². The number of aromatic nitrogens is 3. The van der Waals surface area contributed by atoms with Crippen molar-refractivity contribution in [1.82, 2.24) is 15.2 Å². The molecule has 0 aliphatic heterocycles. The Hall–Kier alpha value is -3.64. The molecule has 4 rings (SSSR count). The highest BCUT2D eigenvalue weighted by Gasteiger charge is 2.35. The Morgan fingerprint density at radius 1 is 0.750 bits per heavy atom. The molecule has 28 heavy (non-hydrogen) atoms. The fourth-order valence-corrected chi connectivity index (χ4v) is 3.56. The molecule has 3 aromatic carbocycles. The zero-order valence-corrected chi connectivity index (χ0v) is 15.3. The second-order valence-corrected chi connectivity index (χ2v) is 7.05. The van der Waals surface area contributed by atoms with Gasteiger partial charge in [0, 0.05) is 0 Å². The average molecular weight is 395 g/mol. The summed E-state index contributed by atoms with van der Waals surface area (Å²) in [7, 11) is -4.33. The Morgan fingerprint density at radius 2 is 1.29 bits per heavy atom. The Balaban J connectivity index is 1.72. The van der Waals surface area contributed by atoms with E-state index in [2.05, 4.69) is 10.3 Å². The maximum Gasteiger partial charge on any atom is 0.668 e. The summed E-state index contributed by atoms with van der Waals surface area (Å²) < 4.78 is 29.5. The fourth-order valence-electron chi connectivity index (χ4n) is 2.40. The van der Waals surface area contributed by atoms with Gasteiger partial charge in [-0.3, -0.25) is 9.42 Å². The Morgan fingerprint density at radius 3 is 1.89 bits per heavy atom. The predicted octanol–water partition coefficient (Wildman–Crippen LogP) is 3.49. The lowest BCUT2D eigenvalue weighted by molar-refractivity contribution is 0.149. The highest BCUT2D eigenvalue weighted by molar-refractivity contribution is 7.49. The van der Waals surface area contributed by atoms with Gasteiger partial charge in [-0.05, 0) is 46.5 Å². The van der Waals surface area contributed by atoms with Crippen molar-refractivity contribution < 1.29 is 18.2 Å². The molecule has 0 amide bonds. The van der Waals surface area contributed by atoms with Crippen LogP contribution in [0.3, 0.4) is 0 Å². The van der Waals surface area contributed by atoms with Crippen LogP contribution < -0.4 is 19.2 Å². The first kappa shape index (κ1) is 17.8. The second kappa shape index (κ2) is 7.54. The van der Waals surface area contributed by atoms with Crippen molar-refractivity contribution in [2.24, 2.45) is 0 Å². The van der Waals surface area contributed by atoms with Crippen molar-refractivity contribution >= 4 is 18.7 Å². The summed E-state index contributed by atoms with van der Waals surface area (Å²) in [4.78, 5) is 13.1. The van der Waals surface area contributed by atoms with Gasteiger partial charge in [0.05, 0.1) is 5.39 Å². The molecular formula is C19H14N3O5P. The van der Waals surface area contributed by atoms with Crippen LogP contribution in [0.2, 0.25) is 0 Å². The SMILES string of the molecule is O=c1c2ccccc2nnn1OP(=O)(Oc1ccccc1)Oc1ccccc1. The van der Waals surface area contributed by atoms with Gasteiger partial charge >= 0.3 is 13.4 Å². The standard InChI is InChI=1S/C19H14N3O5P/c23-19-17-13-7-8-14-18(17)20-21-22(19)27-28(24,25-15-9-3-1-4-10-15)26-16-11-5-2-6-12-16/h1-14H. The van der Waals surface area contributed by atoms with Crippen molar-refractivity contribution in [2.75, 3.05) is 0 Å². The number of hydrogen-bond acceptors (Lipinski definition) is 7. The lowest BCUT2D eigenvalue weighted by Gasteiger charge is -2.18. The molecule has 0 aliphatic carbocycles. The van der Waals surface area contributed by atoms with Crippen LogP contribution in [0, 0.1) is 0 Å². The third-order valence-electron chi connectivity index (χ3n) is 3.64. The van der Waals surface area contributed by atoms with E-state index in [4.69, 9.17) is 13.7 Å². The van der Waals surface area contributed by atoms with Crippen LogP contribution in [0.5, 0.6) is 11.5 Å². The number of hydrogen-bond donors (Lipinski definition) is 0. The molecule has 0 spiro atoms. The molecule has 0 atom stereocenters. The summed E-state index contributed by atoms with van der Waals surface area (Å²) in [6.07, 6.45) is 0. The Labute approximate surface area is 159 Å². The lowest BCUT2D eigenvalue weighted by Crippen LogP contribution is -2.31. The van der Waals surface area contributed by atoms with Crippen molar-refractivity contribution in [1.29, 1.82) is 0 Å². The lowest BCUT2D eigenvalue weighted by atomic mass is 10.2. The van der Waals surface area contributed by atoms with E-state index in [0.717, 1.165) is 0 Å². The van der Waals surface area contributed by atoms with Gasteiger partial charge in [0.2, 0.25) is 0 Å². The van der Waals surface area contributed by atoms with Crippen LogP contribution in [0.25, 0.3) is 10.9 Å². The molecule has 1 heterocycles. The molecular weight excluding hydrogens is 381 g/mol. The van der Waals surface area contributed by atoms with E-state index in [1.165, 1.54) is 0 Å². The number of phosphoric acid groups is 1. The van der Waals surface area contributed by atoms with Crippen LogP contribution in [-0.4, -0.2) is 15.2 Å². The third-order valence-corrected chi connectivity index (χ3v) is 4.86. The van der Waals surface area contributed by atoms with E-state index in [-0.39, 0.29) is 16.9 Å². The highest BCUT2D eigenvalue weighted by atomic mass is 31.2. The van der Waals surface area contributed by atoms with Gasteiger partial charge in [-0.15, -0.1) is 5.10 Å². The normalized spacial score (nSPS) is 11.1. The minimum atomic E-state index is -4.33. The molecule has 0 bridgehead atoms. The molecule has 9 heteroatoms. The van der Waals surface area contributed by atoms with E-state index in [0.29, 0.717) is 10.4 Å². The number of fused-ring (bicyclic) bond motifs is 1. The third kappa shape index (κ3) is 3.87. The van der Waals surface area contributed by atoms with Crippen molar-refractivity contribution in [3.63, 3.8) is 0 Å². The number of nitrogens with zero attached hydrogens (tertiary/aromatic N) is 3. The first-order valence-electron chi connectivity index (χ1n) is 8.27. The van der Waals surface area contributed by atoms with Gasteiger partial charge in [-0.1, -0.05) is 48.5 Å². The first-order valence-corrected chi connectivity index (χ1v) is 9.73. The van der Waals surface area contributed by atoms with Crippen molar-refractivity contribution in [3.8, 4) is 11.5 Å². The maximum absolute atomic E-state index is 13.3. The van der Waals surface area contributed by atoms with Crippen molar-refractivity contribution in [2.45, 2.75) is 0 Å². The number of rotatable bonds is 6. The Kier molecular flexibility index (Phi) is 4.78. The van der Waals surface area contributed by atoms with Crippen LogP contribution >= 0.6 is 7.82 Å². The zero-order valence-electron chi connectivity index (χ0n) is 14.4.